The van der Waals surface area contributed by atoms with E-state index in [1.54, 1.807) is 73.1 Å². The number of carboxylic acid groups (broad SMARTS) is 1. The molecule has 0 radical (unpaired) electrons. The number of benzene rings is 1. The van der Waals surface area contributed by atoms with Crippen LogP contribution in [0.3, 0.4) is 0 Å². The maximum absolute atomic E-state index is 12.3. The number of halogens is 3. The van der Waals surface area contributed by atoms with Gasteiger partial charge in [-0.15, -0.1) is 0 Å². The molecule has 10 heteroatoms. The van der Waals surface area contributed by atoms with Gasteiger partial charge in [0.25, 0.3) is 5.91 Å². The standard InChI is InChI=1S/C11H9I3N2O4.Na/c1-3(17)16-9-7(13)4(10(18)15-2)6(12)5(8(9)14)11(19)20;/h1-2H3,(H,15,18)(H,16,17)(H,19,20);/q;+1/p-1/i1D3,2D3;. The second-order valence-electron chi connectivity index (χ2n) is 3.26. The first-order chi connectivity index (χ1) is 11.6. The molecular weight excluding hydrogens is 628 g/mol. The van der Waals surface area contributed by atoms with Crippen LogP contribution in [0.2, 0.25) is 0 Å². The topological polar surface area (TPSA) is 98.3 Å². The Balaban J connectivity index is 0.00000676. The van der Waals surface area contributed by atoms with Gasteiger partial charge in [-0.05, 0) is 67.8 Å². The van der Waals surface area contributed by atoms with E-state index in [2.05, 4.69) is 5.32 Å². The molecule has 0 aliphatic heterocycles. The Bertz CT molecular complexity index is 800. The summed E-state index contributed by atoms with van der Waals surface area (Å²) in [6.45, 7) is -5.85. The van der Waals surface area contributed by atoms with Crippen LogP contribution in [-0.4, -0.2) is 24.8 Å². The van der Waals surface area contributed by atoms with Crippen molar-refractivity contribution in [3.63, 3.8) is 0 Å². The van der Waals surface area contributed by atoms with E-state index < -0.39 is 37.2 Å². The Labute approximate surface area is 192 Å². The molecule has 1 aromatic carbocycles. The molecule has 0 spiro atoms. The number of carboxylic acids is 1. The van der Waals surface area contributed by atoms with Crippen molar-refractivity contribution in [2.75, 3.05) is 12.3 Å². The van der Waals surface area contributed by atoms with Crippen LogP contribution in [0.15, 0.2) is 0 Å². The van der Waals surface area contributed by atoms with E-state index in [1.807, 2.05) is 0 Å². The Morgan fingerprint density at radius 1 is 1.10 bits per heavy atom. The van der Waals surface area contributed by atoms with E-state index in [0.717, 1.165) is 0 Å². The molecule has 1 aromatic rings. The first-order valence-electron chi connectivity index (χ1n) is 7.63. The van der Waals surface area contributed by atoms with E-state index in [-0.39, 0.29) is 51.5 Å². The first-order valence-corrected chi connectivity index (χ1v) is 7.87. The zero-order valence-electron chi connectivity index (χ0n) is 16.3. The molecule has 0 aliphatic carbocycles. The molecule has 1 rings (SSSR count). The number of anilines is 1. The first kappa shape index (κ1) is 13.1. The van der Waals surface area contributed by atoms with Gasteiger partial charge in [0, 0.05) is 34.8 Å². The van der Waals surface area contributed by atoms with Gasteiger partial charge in [0.1, 0.15) is 0 Å². The van der Waals surface area contributed by atoms with Gasteiger partial charge in [-0.1, -0.05) is 0 Å². The molecule has 0 fully saturated rings. The average molecular weight is 642 g/mol. The Morgan fingerprint density at radius 2 is 1.67 bits per heavy atom. The van der Waals surface area contributed by atoms with Gasteiger partial charge < -0.3 is 20.5 Å². The number of carbonyl (C=O) groups excluding carboxylic acids is 3. The van der Waals surface area contributed by atoms with Gasteiger partial charge in [0.15, 0.2) is 0 Å². The Hall–Kier alpha value is 0.820. The third-order valence-corrected chi connectivity index (χ3v) is 5.34. The molecule has 0 aliphatic rings. The maximum Gasteiger partial charge on any atom is 1.00 e. The van der Waals surface area contributed by atoms with Crippen LogP contribution < -0.4 is 45.3 Å². The molecule has 0 saturated carbocycles. The minimum atomic E-state index is -3.02. The van der Waals surface area contributed by atoms with Crippen LogP contribution in [0.5, 0.6) is 0 Å². The predicted molar refractivity (Wildman–Crippen MR) is 96.6 cm³/mol. The van der Waals surface area contributed by atoms with Crippen molar-refractivity contribution >= 4 is 91.2 Å². The number of rotatable bonds is 3. The average Bonchev–Trinajstić information content (AvgIpc) is 2.39. The fraction of sp³-hybridized carbons (Fsp3) is 0.182. The second kappa shape index (κ2) is 9.20. The largest absolute Gasteiger partial charge is 1.00 e. The van der Waals surface area contributed by atoms with Crippen molar-refractivity contribution in [3.05, 3.63) is 21.8 Å². The normalized spacial score (nSPS) is 15.0. The van der Waals surface area contributed by atoms with Gasteiger partial charge in [0.2, 0.25) is 5.91 Å². The summed E-state index contributed by atoms with van der Waals surface area (Å²) in [6.07, 6.45) is 0. The fourth-order valence-electron chi connectivity index (χ4n) is 1.33. The van der Waals surface area contributed by atoms with Crippen molar-refractivity contribution in [2.45, 2.75) is 6.85 Å². The minimum Gasteiger partial charge on any atom is -0.545 e. The minimum absolute atomic E-state index is 0. The van der Waals surface area contributed by atoms with E-state index in [9.17, 15) is 19.5 Å². The Morgan fingerprint density at radius 3 is 2.14 bits per heavy atom. The summed E-state index contributed by atoms with van der Waals surface area (Å²) in [5.74, 6) is -4.18. The molecule has 2 amide bonds. The van der Waals surface area contributed by atoms with E-state index in [0.29, 0.717) is 0 Å². The van der Waals surface area contributed by atoms with Crippen LogP contribution in [0.4, 0.5) is 5.69 Å². The maximum atomic E-state index is 12.3. The molecule has 108 valence electrons. The monoisotopic (exact) mass is 642 g/mol. The zero-order valence-corrected chi connectivity index (χ0v) is 18.7. The van der Waals surface area contributed by atoms with Gasteiger partial charge in [-0.3, -0.25) is 9.59 Å². The molecule has 2 N–H and O–H groups in total. The van der Waals surface area contributed by atoms with Crippen molar-refractivity contribution in [1.82, 2.24) is 5.32 Å². The zero-order chi connectivity index (χ0) is 20.6. The number of aromatic carboxylic acids is 1. The molecule has 0 atom stereocenters. The van der Waals surface area contributed by atoms with Crippen molar-refractivity contribution in [1.29, 1.82) is 0 Å². The smallest absolute Gasteiger partial charge is 0.545 e. The summed E-state index contributed by atoms with van der Waals surface area (Å²) in [5, 5.41) is 15.3. The summed E-state index contributed by atoms with van der Waals surface area (Å²) in [5.41, 5.74) is -1.03. The number of carbonyl (C=O) groups is 3. The van der Waals surface area contributed by atoms with Gasteiger partial charge in [-0.25, -0.2) is 0 Å². The number of amides is 2. The van der Waals surface area contributed by atoms with Gasteiger partial charge in [-0.2, -0.15) is 0 Å². The SMILES string of the molecule is [2H]C([2H])([2H])NC(=O)c1c(I)c(NC(=O)C([2H])([2H])[2H])c(I)c(C(=O)[O-])c1I.[Na+]. The van der Waals surface area contributed by atoms with E-state index in [4.69, 9.17) is 8.22 Å². The van der Waals surface area contributed by atoms with Crippen LogP contribution in [-0.2, 0) is 4.79 Å². The second-order valence-corrected chi connectivity index (χ2v) is 6.50. The molecule has 0 bridgehead atoms. The molecule has 6 nitrogen and oxygen atoms in total. The van der Waals surface area contributed by atoms with E-state index in [1.165, 1.54) is 0 Å². The quantitative estimate of drug-likeness (QED) is 0.301. The summed E-state index contributed by atoms with van der Waals surface area (Å²) < 4.78 is 42.4. The number of nitrogens with one attached hydrogen (secondary N) is 2. The molecule has 0 saturated heterocycles. The molecular formula is C11H8I3N2NaO4. The summed E-state index contributed by atoms with van der Waals surface area (Å²) in [4.78, 5) is 35.5. The van der Waals surface area contributed by atoms with Crippen LogP contribution in [0.25, 0.3) is 0 Å². The van der Waals surface area contributed by atoms with Gasteiger partial charge >= 0.3 is 29.6 Å². The molecule has 0 heterocycles. The third-order valence-electron chi connectivity index (χ3n) is 2.10. The van der Waals surface area contributed by atoms with Crippen molar-refractivity contribution < 1.29 is 57.3 Å². The van der Waals surface area contributed by atoms with E-state index >= 15 is 0 Å². The molecule has 0 unspecified atom stereocenters. The summed E-state index contributed by atoms with van der Waals surface area (Å²) in [6, 6.07) is 0. The summed E-state index contributed by atoms with van der Waals surface area (Å²) in [7, 11) is 0. The summed E-state index contributed by atoms with van der Waals surface area (Å²) >= 11 is 4.70. The predicted octanol–water partition coefficient (Wildman–Crippen LogP) is -1.81. The fourth-order valence-corrected chi connectivity index (χ4v) is 5.69. The third kappa shape index (κ3) is 4.89. The number of hydrogen-bond acceptors (Lipinski definition) is 4. The van der Waals surface area contributed by atoms with Crippen LogP contribution in [0, 0.1) is 10.7 Å². The Kier molecular flexibility index (Phi) is 5.76. The van der Waals surface area contributed by atoms with Crippen molar-refractivity contribution in [2.24, 2.45) is 0 Å². The number of hydrogen-bond donors (Lipinski definition) is 2. The van der Waals surface area contributed by atoms with Crippen molar-refractivity contribution in [3.8, 4) is 0 Å². The van der Waals surface area contributed by atoms with Crippen LogP contribution in [0.1, 0.15) is 35.8 Å². The van der Waals surface area contributed by atoms with Crippen LogP contribution >= 0.6 is 67.8 Å². The van der Waals surface area contributed by atoms with Gasteiger partial charge in [0.05, 0.1) is 20.8 Å². The molecule has 21 heavy (non-hydrogen) atoms. The molecule has 0 aromatic heterocycles.